The van der Waals surface area contributed by atoms with Gasteiger partial charge in [-0.15, -0.1) is 12.4 Å². The average Bonchev–Trinajstić information content (AvgIpc) is 2.90. The van der Waals surface area contributed by atoms with E-state index in [1.807, 2.05) is 6.92 Å². The van der Waals surface area contributed by atoms with Crippen LogP contribution in [0.15, 0.2) is 0 Å². The largest absolute Gasteiger partial charge is 0.352 e. The lowest BCUT2D eigenvalue weighted by molar-refractivity contribution is -0.125. The molecule has 0 aromatic rings. The predicted molar refractivity (Wildman–Crippen MR) is 85.1 cm³/mol. The van der Waals surface area contributed by atoms with Gasteiger partial charge in [-0.3, -0.25) is 4.79 Å². The van der Waals surface area contributed by atoms with Gasteiger partial charge in [-0.1, -0.05) is 6.92 Å². The molecule has 1 amide bonds. The van der Waals surface area contributed by atoms with Crippen molar-refractivity contribution in [3.05, 3.63) is 0 Å². The van der Waals surface area contributed by atoms with E-state index in [0.29, 0.717) is 19.4 Å². The number of piperidine rings is 1. The van der Waals surface area contributed by atoms with Crippen LogP contribution in [0.2, 0.25) is 0 Å². The smallest absolute Gasteiger partial charge is 0.238 e. The van der Waals surface area contributed by atoms with E-state index in [-0.39, 0.29) is 30.1 Å². The maximum Gasteiger partial charge on any atom is 0.238 e. The second-order valence-corrected chi connectivity index (χ2v) is 7.66. The number of hydrogen-bond donors (Lipinski definition) is 2. The number of carbonyl (C=O) groups is 1. The molecule has 0 spiro atoms. The Labute approximate surface area is 133 Å². The quantitative estimate of drug-likeness (QED) is 0.763. The molecule has 124 valence electrons. The summed E-state index contributed by atoms with van der Waals surface area (Å²) in [7, 11) is -3.28. The van der Waals surface area contributed by atoms with Gasteiger partial charge >= 0.3 is 0 Å². The lowest BCUT2D eigenvalue weighted by atomic mass is 10.1. The molecule has 2 fully saturated rings. The Morgan fingerprint density at radius 2 is 1.95 bits per heavy atom. The molecule has 2 N–H and O–H groups in total. The lowest BCUT2D eigenvalue weighted by Crippen LogP contribution is -2.51. The minimum absolute atomic E-state index is 0. The van der Waals surface area contributed by atoms with Gasteiger partial charge in [-0.25, -0.2) is 8.42 Å². The molecule has 0 aromatic carbocycles. The predicted octanol–water partition coefficient (Wildman–Crippen LogP) is 0.481. The van der Waals surface area contributed by atoms with Gasteiger partial charge in [0.2, 0.25) is 15.9 Å². The Balaban J connectivity index is 0.00000220. The zero-order valence-corrected chi connectivity index (χ0v) is 14.1. The summed E-state index contributed by atoms with van der Waals surface area (Å²) >= 11 is 0. The van der Waals surface area contributed by atoms with E-state index in [0.717, 1.165) is 32.4 Å². The molecule has 21 heavy (non-hydrogen) atoms. The van der Waals surface area contributed by atoms with E-state index < -0.39 is 16.1 Å². The van der Waals surface area contributed by atoms with Gasteiger partial charge in [0.25, 0.3) is 0 Å². The van der Waals surface area contributed by atoms with Crippen LogP contribution in [0.5, 0.6) is 0 Å². The van der Waals surface area contributed by atoms with Crippen molar-refractivity contribution in [2.24, 2.45) is 0 Å². The molecule has 0 aliphatic carbocycles. The van der Waals surface area contributed by atoms with Crippen LogP contribution in [-0.2, 0) is 14.8 Å². The zero-order valence-electron chi connectivity index (χ0n) is 12.5. The fraction of sp³-hybridized carbons (Fsp3) is 0.923. The van der Waals surface area contributed by atoms with Crippen molar-refractivity contribution in [1.82, 2.24) is 14.9 Å². The van der Waals surface area contributed by atoms with E-state index in [1.165, 1.54) is 4.31 Å². The van der Waals surface area contributed by atoms with E-state index in [9.17, 15) is 13.2 Å². The monoisotopic (exact) mass is 339 g/mol. The van der Waals surface area contributed by atoms with Crippen molar-refractivity contribution in [2.45, 2.75) is 51.1 Å². The van der Waals surface area contributed by atoms with Crippen molar-refractivity contribution in [3.8, 4) is 0 Å². The van der Waals surface area contributed by atoms with Gasteiger partial charge in [0.05, 0.1) is 5.75 Å². The fourth-order valence-electron chi connectivity index (χ4n) is 2.97. The molecule has 8 heteroatoms. The molecule has 0 aromatic heterocycles. The Bertz CT molecular complexity index is 438. The van der Waals surface area contributed by atoms with Crippen LogP contribution < -0.4 is 10.6 Å². The van der Waals surface area contributed by atoms with Crippen LogP contribution in [-0.4, -0.2) is 56.1 Å². The van der Waals surface area contributed by atoms with Crippen molar-refractivity contribution < 1.29 is 13.2 Å². The maximum atomic E-state index is 12.3. The van der Waals surface area contributed by atoms with Crippen LogP contribution in [0.4, 0.5) is 0 Å². The highest BCUT2D eigenvalue weighted by atomic mass is 35.5. The van der Waals surface area contributed by atoms with E-state index in [4.69, 9.17) is 0 Å². The summed E-state index contributed by atoms with van der Waals surface area (Å²) in [6.45, 7) is 4.14. The van der Waals surface area contributed by atoms with Gasteiger partial charge in [0, 0.05) is 12.6 Å². The Morgan fingerprint density at radius 3 is 2.57 bits per heavy atom. The third-order valence-corrected chi connectivity index (χ3v) is 6.09. The van der Waals surface area contributed by atoms with Gasteiger partial charge in [0.1, 0.15) is 6.04 Å². The maximum absolute atomic E-state index is 12.3. The van der Waals surface area contributed by atoms with Crippen molar-refractivity contribution in [2.75, 3.05) is 25.4 Å². The lowest BCUT2D eigenvalue weighted by Gasteiger charge is -2.28. The van der Waals surface area contributed by atoms with E-state index in [2.05, 4.69) is 10.6 Å². The molecular formula is C13H26ClN3O3S. The third-order valence-electron chi connectivity index (χ3n) is 4.01. The molecule has 2 saturated heterocycles. The number of nitrogens with zero attached hydrogens (tertiary/aromatic N) is 1. The first-order chi connectivity index (χ1) is 9.54. The summed E-state index contributed by atoms with van der Waals surface area (Å²) in [5.41, 5.74) is 0. The Hall–Kier alpha value is -0.370. The molecule has 2 aliphatic rings. The topological polar surface area (TPSA) is 78.5 Å². The summed E-state index contributed by atoms with van der Waals surface area (Å²) in [6.07, 6.45) is 3.83. The normalized spacial score (nSPS) is 24.5. The number of sulfonamides is 1. The van der Waals surface area contributed by atoms with Gasteiger partial charge < -0.3 is 10.6 Å². The molecule has 1 atom stereocenters. The molecule has 6 nitrogen and oxygen atoms in total. The highest BCUT2D eigenvalue weighted by molar-refractivity contribution is 7.89. The summed E-state index contributed by atoms with van der Waals surface area (Å²) in [5.74, 6) is 0.0125. The fourth-order valence-corrected chi connectivity index (χ4v) is 4.72. The van der Waals surface area contributed by atoms with E-state index in [1.54, 1.807) is 0 Å². The zero-order chi connectivity index (χ0) is 14.6. The van der Waals surface area contributed by atoms with Crippen molar-refractivity contribution in [1.29, 1.82) is 0 Å². The number of rotatable bonds is 5. The minimum Gasteiger partial charge on any atom is -0.352 e. The Morgan fingerprint density at radius 1 is 1.29 bits per heavy atom. The second kappa shape index (κ2) is 8.31. The number of hydrogen-bond acceptors (Lipinski definition) is 4. The van der Waals surface area contributed by atoms with Crippen molar-refractivity contribution >= 4 is 28.3 Å². The van der Waals surface area contributed by atoms with Crippen LogP contribution in [0.25, 0.3) is 0 Å². The van der Waals surface area contributed by atoms with E-state index >= 15 is 0 Å². The molecular weight excluding hydrogens is 314 g/mol. The second-order valence-electron chi connectivity index (χ2n) is 5.62. The summed E-state index contributed by atoms with van der Waals surface area (Å²) in [5, 5.41) is 6.27. The summed E-state index contributed by atoms with van der Waals surface area (Å²) in [6, 6.07) is -0.318. The molecule has 0 radical (unpaired) electrons. The molecule has 2 heterocycles. The SMILES string of the molecule is CCCS(=O)(=O)N1CCCC1C(=O)NC1CCNCC1.Cl. The standard InChI is InChI=1S/C13H25N3O3S.ClH/c1-2-10-20(18,19)16-9-3-4-12(16)13(17)15-11-5-7-14-8-6-11;/h11-12,14H,2-10H2,1H3,(H,15,17);1H. The average molecular weight is 340 g/mol. The number of carbonyl (C=O) groups excluding carboxylic acids is 1. The first kappa shape index (κ1) is 18.7. The van der Waals surface area contributed by atoms with Gasteiger partial charge in [-0.05, 0) is 45.2 Å². The van der Waals surface area contributed by atoms with Crippen LogP contribution in [0.3, 0.4) is 0 Å². The highest BCUT2D eigenvalue weighted by Gasteiger charge is 2.38. The van der Waals surface area contributed by atoms with Gasteiger partial charge in [0.15, 0.2) is 0 Å². The summed E-state index contributed by atoms with van der Waals surface area (Å²) in [4.78, 5) is 12.3. The third kappa shape index (κ3) is 4.81. The molecule has 2 aliphatic heterocycles. The molecule has 0 saturated carbocycles. The first-order valence-corrected chi connectivity index (χ1v) is 9.16. The number of amides is 1. The van der Waals surface area contributed by atoms with Crippen LogP contribution in [0, 0.1) is 0 Å². The molecule has 1 unspecified atom stereocenters. The highest BCUT2D eigenvalue weighted by Crippen LogP contribution is 2.22. The van der Waals surface area contributed by atoms with Crippen LogP contribution in [0.1, 0.15) is 39.0 Å². The van der Waals surface area contributed by atoms with Crippen LogP contribution >= 0.6 is 12.4 Å². The number of halogens is 1. The summed E-state index contributed by atoms with van der Waals surface area (Å²) < 4.78 is 25.8. The number of nitrogens with one attached hydrogen (secondary N) is 2. The molecule has 0 bridgehead atoms. The minimum atomic E-state index is -3.28. The first-order valence-electron chi connectivity index (χ1n) is 7.55. The Kier molecular flexibility index (Phi) is 7.39. The molecule has 2 rings (SSSR count). The van der Waals surface area contributed by atoms with Crippen molar-refractivity contribution in [3.63, 3.8) is 0 Å². The van der Waals surface area contributed by atoms with Gasteiger partial charge in [-0.2, -0.15) is 4.31 Å².